The van der Waals surface area contributed by atoms with Gasteiger partial charge in [-0.15, -0.1) is 0 Å². The third-order valence-corrected chi connectivity index (χ3v) is 4.47. The van der Waals surface area contributed by atoms with Crippen LogP contribution < -0.4 is 0 Å². The zero-order valence-corrected chi connectivity index (χ0v) is 15.3. The Labute approximate surface area is 138 Å². The van der Waals surface area contributed by atoms with Gasteiger partial charge in [-0.3, -0.25) is 0 Å². The van der Waals surface area contributed by atoms with Crippen molar-refractivity contribution in [1.82, 2.24) is 4.90 Å². The molecule has 0 aliphatic carbocycles. The fourth-order valence-electron chi connectivity index (χ4n) is 2.49. The van der Waals surface area contributed by atoms with E-state index in [1.807, 2.05) is 6.08 Å². The van der Waals surface area contributed by atoms with Crippen LogP contribution in [-0.2, 0) is 0 Å². The fraction of sp³-hybridized carbons (Fsp3) is 0.421. The molecule has 0 bridgehead atoms. The first-order valence-corrected chi connectivity index (χ1v) is 8.75. The summed E-state index contributed by atoms with van der Waals surface area (Å²) < 4.78 is 1.25. The first-order valence-electron chi connectivity index (χ1n) is 7.89. The molecule has 0 fully saturated rings. The van der Waals surface area contributed by atoms with Crippen LogP contribution in [0.4, 0.5) is 0 Å². The molecule has 2 heteroatoms. The summed E-state index contributed by atoms with van der Waals surface area (Å²) in [5.41, 5.74) is 3.86. The molecule has 0 saturated heterocycles. The zero-order chi connectivity index (χ0) is 15.7. The molecule has 0 heterocycles. The summed E-state index contributed by atoms with van der Waals surface area (Å²) in [5.74, 6) is 0. The summed E-state index contributed by atoms with van der Waals surface area (Å²) in [5, 5.41) is 0. The van der Waals surface area contributed by atoms with Crippen molar-refractivity contribution in [3.8, 4) is 0 Å². The molecule has 114 valence electrons. The number of nitrogens with zero attached hydrogens (tertiary/aromatic N) is 1. The Morgan fingerprint density at radius 2 is 1.67 bits per heavy atom. The standard InChI is InChI=1S/C19H27NSe/c1-5-14-20(15-6-2)19(21)18(16(7-3)8-4)17-12-10-9-11-13-17/h7,9-13H,3,5-6,8,14-15H2,1-2,4H3/b18-16+. The van der Waals surface area contributed by atoms with E-state index < -0.39 is 0 Å². The predicted molar refractivity (Wildman–Crippen MR) is 96.8 cm³/mol. The summed E-state index contributed by atoms with van der Waals surface area (Å²) in [7, 11) is 0. The molecular formula is C19H27NSe. The second-order valence-electron chi connectivity index (χ2n) is 5.12. The van der Waals surface area contributed by atoms with Gasteiger partial charge >= 0.3 is 138 Å². The Morgan fingerprint density at radius 1 is 1.10 bits per heavy atom. The maximum absolute atomic E-state index is 4.01. The van der Waals surface area contributed by atoms with Gasteiger partial charge in [-0.1, -0.05) is 0 Å². The number of benzene rings is 1. The topological polar surface area (TPSA) is 3.24 Å². The molecule has 1 aromatic carbocycles. The second-order valence-corrected chi connectivity index (χ2v) is 5.93. The minimum absolute atomic E-state index is 0.991. The molecule has 0 unspecified atom stereocenters. The van der Waals surface area contributed by atoms with Crippen LogP contribution in [-0.4, -0.2) is 38.1 Å². The quantitative estimate of drug-likeness (QED) is 0.471. The molecular weight excluding hydrogens is 321 g/mol. The van der Waals surface area contributed by atoms with Crippen molar-refractivity contribution in [3.63, 3.8) is 0 Å². The van der Waals surface area contributed by atoms with Gasteiger partial charge in [0, 0.05) is 0 Å². The Hall–Kier alpha value is -1.11. The Morgan fingerprint density at radius 3 is 2.10 bits per heavy atom. The molecule has 0 saturated carbocycles. The van der Waals surface area contributed by atoms with Crippen LogP contribution in [0.3, 0.4) is 0 Å². The van der Waals surface area contributed by atoms with Gasteiger partial charge < -0.3 is 0 Å². The molecule has 0 aromatic heterocycles. The monoisotopic (exact) mass is 349 g/mol. The van der Waals surface area contributed by atoms with E-state index in [0.29, 0.717) is 0 Å². The molecule has 0 amide bonds. The maximum atomic E-state index is 4.01. The van der Waals surface area contributed by atoms with Crippen molar-refractivity contribution in [2.24, 2.45) is 0 Å². The zero-order valence-electron chi connectivity index (χ0n) is 13.6. The van der Waals surface area contributed by atoms with Crippen molar-refractivity contribution in [2.75, 3.05) is 13.1 Å². The Balaban J connectivity index is 3.27. The van der Waals surface area contributed by atoms with Crippen LogP contribution in [0.1, 0.15) is 45.6 Å². The first kappa shape index (κ1) is 17.9. The van der Waals surface area contributed by atoms with Crippen molar-refractivity contribution in [2.45, 2.75) is 40.0 Å². The van der Waals surface area contributed by atoms with E-state index in [4.69, 9.17) is 0 Å². The van der Waals surface area contributed by atoms with E-state index in [1.54, 1.807) is 0 Å². The molecule has 1 nitrogen and oxygen atoms in total. The molecule has 1 rings (SSSR count). The molecule has 0 N–H and O–H groups in total. The normalized spacial score (nSPS) is 11.8. The van der Waals surface area contributed by atoms with Gasteiger partial charge in [-0.2, -0.15) is 0 Å². The number of allylic oxidation sites excluding steroid dienone is 2. The molecule has 0 radical (unpaired) electrons. The van der Waals surface area contributed by atoms with E-state index in [2.05, 4.69) is 78.2 Å². The SMILES string of the molecule is C=C/C(CC)=C(\C(=[Se])N(CCC)CCC)c1ccccc1. The average molecular weight is 348 g/mol. The summed E-state index contributed by atoms with van der Waals surface area (Å²) in [6, 6.07) is 10.6. The van der Waals surface area contributed by atoms with E-state index in [1.165, 1.54) is 21.3 Å². The Kier molecular flexibility index (Phi) is 8.34. The van der Waals surface area contributed by atoms with E-state index >= 15 is 0 Å². The van der Waals surface area contributed by atoms with Crippen LogP contribution >= 0.6 is 0 Å². The molecule has 0 aliphatic heterocycles. The van der Waals surface area contributed by atoms with Crippen LogP contribution in [0, 0.1) is 0 Å². The van der Waals surface area contributed by atoms with Crippen molar-refractivity contribution in [1.29, 1.82) is 0 Å². The van der Waals surface area contributed by atoms with E-state index in [9.17, 15) is 0 Å². The van der Waals surface area contributed by atoms with Crippen LogP contribution in [0.15, 0.2) is 48.6 Å². The van der Waals surface area contributed by atoms with Gasteiger partial charge in [0.2, 0.25) is 0 Å². The molecule has 1 aromatic rings. The van der Waals surface area contributed by atoms with Crippen LogP contribution in [0.2, 0.25) is 0 Å². The number of rotatable bonds is 9. The van der Waals surface area contributed by atoms with Gasteiger partial charge in [-0.05, 0) is 0 Å². The van der Waals surface area contributed by atoms with Gasteiger partial charge in [-0.25, -0.2) is 0 Å². The number of hydrogen-bond donors (Lipinski definition) is 0. The average Bonchev–Trinajstić information content (AvgIpc) is 2.52. The summed E-state index contributed by atoms with van der Waals surface area (Å²) in [6.07, 6.45) is 5.30. The Bertz CT molecular complexity index is 482. The van der Waals surface area contributed by atoms with Crippen LogP contribution in [0.5, 0.6) is 0 Å². The van der Waals surface area contributed by atoms with E-state index in [-0.39, 0.29) is 0 Å². The van der Waals surface area contributed by atoms with Crippen LogP contribution in [0.25, 0.3) is 5.57 Å². The predicted octanol–water partition coefficient (Wildman–Crippen LogP) is 4.46. The number of hydrogen-bond acceptors (Lipinski definition) is 1. The van der Waals surface area contributed by atoms with Gasteiger partial charge in [0.1, 0.15) is 0 Å². The molecule has 0 spiro atoms. The van der Waals surface area contributed by atoms with E-state index in [0.717, 1.165) is 32.4 Å². The summed E-state index contributed by atoms with van der Waals surface area (Å²) in [4.78, 5) is 2.46. The molecule has 21 heavy (non-hydrogen) atoms. The summed E-state index contributed by atoms with van der Waals surface area (Å²) in [6.45, 7) is 12.8. The summed E-state index contributed by atoms with van der Waals surface area (Å²) >= 11 is 3.33. The van der Waals surface area contributed by atoms with Crippen molar-refractivity contribution in [3.05, 3.63) is 54.1 Å². The second kappa shape index (κ2) is 9.76. The molecule has 0 aliphatic rings. The van der Waals surface area contributed by atoms with Gasteiger partial charge in [0.05, 0.1) is 0 Å². The third kappa shape index (κ3) is 4.98. The van der Waals surface area contributed by atoms with Gasteiger partial charge in [0.25, 0.3) is 0 Å². The molecule has 0 atom stereocenters. The fourth-order valence-corrected chi connectivity index (χ4v) is 3.39. The third-order valence-electron chi connectivity index (χ3n) is 3.50. The van der Waals surface area contributed by atoms with Gasteiger partial charge in [0.15, 0.2) is 0 Å². The minimum atomic E-state index is 0.991. The van der Waals surface area contributed by atoms with Crippen molar-refractivity contribution < 1.29 is 0 Å². The van der Waals surface area contributed by atoms with Crippen molar-refractivity contribution >= 4 is 25.7 Å². The first-order chi connectivity index (χ1) is 10.2.